The van der Waals surface area contributed by atoms with Gasteiger partial charge in [-0.3, -0.25) is 9.21 Å². The largest absolute Gasteiger partial charge is 0.454 e. The van der Waals surface area contributed by atoms with Crippen LogP contribution in [0.5, 0.6) is 11.5 Å². The molecule has 0 unspecified atom stereocenters. The molecule has 0 radical (unpaired) electrons. The third kappa shape index (κ3) is 4.83. The molecule has 184 valence electrons. The molecule has 2 aliphatic rings. The van der Waals surface area contributed by atoms with Crippen molar-refractivity contribution in [1.29, 1.82) is 0 Å². The van der Waals surface area contributed by atoms with Crippen LogP contribution in [0.15, 0.2) is 65.6 Å². The van der Waals surface area contributed by atoms with Crippen molar-refractivity contribution in [3.05, 3.63) is 83.4 Å². The Labute approximate surface area is 203 Å². The summed E-state index contributed by atoms with van der Waals surface area (Å²) in [6.07, 6.45) is 1.12. The lowest BCUT2D eigenvalue weighted by Crippen LogP contribution is -2.47. The molecular weight excluding hydrogens is 474 g/mol. The molecule has 0 aromatic heterocycles. The molecule has 0 aliphatic carbocycles. The van der Waals surface area contributed by atoms with Crippen molar-refractivity contribution in [1.82, 2.24) is 4.90 Å². The van der Waals surface area contributed by atoms with Gasteiger partial charge in [0.25, 0.3) is 10.0 Å². The molecular formula is C26H26F2N2O4S. The van der Waals surface area contributed by atoms with E-state index in [4.69, 9.17) is 9.47 Å². The number of aryl methyl sites for hydroxylation is 1. The summed E-state index contributed by atoms with van der Waals surface area (Å²) in [5, 5.41) is 0. The van der Waals surface area contributed by atoms with Crippen LogP contribution < -0.4 is 13.8 Å². The van der Waals surface area contributed by atoms with Crippen LogP contribution in [0.2, 0.25) is 0 Å². The molecule has 0 N–H and O–H groups in total. The highest BCUT2D eigenvalue weighted by Crippen LogP contribution is 2.39. The number of rotatable bonds is 6. The van der Waals surface area contributed by atoms with E-state index >= 15 is 0 Å². The highest BCUT2D eigenvalue weighted by Gasteiger charge is 2.35. The van der Waals surface area contributed by atoms with Crippen LogP contribution in [0.1, 0.15) is 24.0 Å². The standard InChI is InChI=1S/C26H26F2N2O4S/c1-18-2-7-23(8-3-18)35(31,32)30(22-6-9-25-26(15-22)34-17-33-25)21-10-12-29(13-11-21)16-19-4-5-20(27)14-24(19)28/h2-9,14-15,21H,10-13,16-17H2,1H3. The highest BCUT2D eigenvalue weighted by atomic mass is 32.2. The highest BCUT2D eigenvalue weighted by molar-refractivity contribution is 7.92. The second kappa shape index (κ2) is 9.47. The SMILES string of the molecule is Cc1ccc(S(=O)(=O)N(c2ccc3c(c2)OCO3)C2CCN(Cc3ccc(F)cc3F)CC2)cc1. The number of fused-ring (bicyclic) bond motifs is 1. The third-order valence-corrected chi connectivity index (χ3v) is 8.38. The first-order valence-corrected chi connectivity index (χ1v) is 12.9. The average Bonchev–Trinajstić information content (AvgIpc) is 3.30. The second-order valence-electron chi connectivity index (χ2n) is 8.89. The van der Waals surface area contributed by atoms with E-state index < -0.39 is 21.7 Å². The van der Waals surface area contributed by atoms with Gasteiger partial charge in [-0.1, -0.05) is 23.8 Å². The number of piperidine rings is 1. The number of anilines is 1. The third-order valence-electron chi connectivity index (χ3n) is 6.49. The molecule has 0 saturated carbocycles. The van der Waals surface area contributed by atoms with Crippen LogP contribution in [0.3, 0.4) is 0 Å². The number of hydrogen-bond donors (Lipinski definition) is 0. The topological polar surface area (TPSA) is 59.1 Å². The first-order chi connectivity index (χ1) is 16.8. The van der Waals surface area contributed by atoms with Crippen molar-refractivity contribution in [2.45, 2.75) is 37.2 Å². The number of halogens is 2. The van der Waals surface area contributed by atoms with Crippen molar-refractivity contribution in [2.24, 2.45) is 0 Å². The Morgan fingerprint density at radius 1 is 0.943 bits per heavy atom. The maximum absolute atomic E-state index is 14.1. The van der Waals surface area contributed by atoms with Crippen LogP contribution in [0.4, 0.5) is 14.5 Å². The minimum Gasteiger partial charge on any atom is -0.454 e. The van der Waals surface area contributed by atoms with Gasteiger partial charge >= 0.3 is 0 Å². The minimum absolute atomic E-state index is 0.0990. The molecule has 0 amide bonds. The maximum atomic E-state index is 14.1. The summed E-state index contributed by atoms with van der Waals surface area (Å²) in [6.45, 7) is 3.50. The van der Waals surface area contributed by atoms with Crippen molar-refractivity contribution in [3.63, 3.8) is 0 Å². The van der Waals surface area contributed by atoms with Gasteiger partial charge in [0.1, 0.15) is 11.6 Å². The second-order valence-corrected chi connectivity index (χ2v) is 10.7. The fourth-order valence-corrected chi connectivity index (χ4v) is 6.30. The predicted octanol–water partition coefficient (Wildman–Crippen LogP) is 4.86. The molecule has 5 rings (SSSR count). The Hall–Kier alpha value is -3.17. The molecule has 0 bridgehead atoms. The molecule has 0 atom stereocenters. The van der Waals surface area contributed by atoms with E-state index in [2.05, 4.69) is 4.90 Å². The van der Waals surface area contributed by atoms with Crippen molar-refractivity contribution >= 4 is 15.7 Å². The Kier molecular flexibility index (Phi) is 6.37. The van der Waals surface area contributed by atoms with Gasteiger partial charge in [0.2, 0.25) is 6.79 Å². The smallest absolute Gasteiger partial charge is 0.264 e. The summed E-state index contributed by atoms with van der Waals surface area (Å²) in [6, 6.07) is 15.3. The Bertz CT molecular complexity index is 1320. The van der Waals surface area contributed by atoms with E-state index in [-0.39, 0.29) is 17.7 Å². The maximum Gasteiger partial charge on any atom is 0.264 e. The van der Waals surface area contributed by atoms with Crippen LogP contribution in [0.25, 0.3) is 0 Å². The zero-order valence-corrected chi connectivity index (χ0v) is 20.1. The summed E-state index contributed by atoms with van der Waals surface area (Å²) in [5.41, 5.74) is 1.91. The van der Waals surface area contributed by atoms with E-state index in [1.54, 1.807) is 42.5 Å². The summed E-state index contributed by atoms with van der Waals surface area (Å²) < 4.78 is 67.5. The van der Waals surface area contributed by atoms with E-state index in [1.165, 1.54) is 16.4 Å². The van der Waals surface area contributed by atoms with Crippen LogP contribution in [0, 0.1) is 18.6 Å². The van der Waals surface area contributed by atoms with Crippen LogP contribution >= 0.6 is 0 Å². The lowest BCUT2D eigenvalue weighted by atomic mass is 10.0. The number of hydrogen-bond acceptors (Lipinski definition) is 5. The fraction of sp³-hybridized carbons (Fsp3) is 0.308. The van der Waals surface area contributed by atoms with Gasteiger partial charge < -0.3 is 9.47 Å². The van der Waals surface area contributed by atoms with Gasteiger partial charge in [-0.25, -0.2) is 17.2 Å². The number of ether oxygens (including phenoxy) is 2. The van der Waals surface area contributed by atoms with Gasteiger partial charge in [-0.15, -0.1) is 0 Å². The lowest BCUT2D eigenvalue weighted by molar-refractivity contribution is 0.174. The molecule has 0 spiro atoms. The Morgan fingerprint density at radius 2 is 1.66 bits per heavy atom. The number of sulfonamides is 1. The van der Waals surface area contributed by atoms with E-state index in [0.29, 0.717) is 55.2 Å². The van der Waals surface area contributed by atoms with Crippen LogP contribution in [-0.2, 0) is 16.6 Å². The Morgan fingerprint density at radius 3 is 2.37 bits per heavy atom. The molecule has 3 aromatic carbocycles. The summed E-state index contributed by atoms with van der Waals surface area (Å²) in [7, 11) is -3.86. The summed E-state index contributed by atoms with van der Waals surface area (Å²) in [4.78, 5) is 2.28. The van der Waals surface area contributed by atoms with Crippen LogP contribution in [-0.4, -0.2) is 39.2 Å². The molecule has 1 fully saturated rings. The van der Waals surface area contributed by atoms with E-state index in [0.717, 1.165) is 11.6 Å². The first-order valence-electron chi connectivity index (χ1n) is 11.5. The molecule has 35 heavy (non-hydrogen) atoms. The summed E-state index contributed by atoms with van der Waals surface area (Å²) in [5.74, 6) is -0.0879. The zero-order valence-electron chi connectivity index (χ0n) is 19.3. The minimum atomic E-state index is -3.86. The molecule has 1 saturated heterocycles. The summed E-state index contributed by atoms with van der Waals surface area (Å²) >= 11 is 0. The molecule has 6 nitrogen and oxygen atoms in total. The van der Waals surface area contributed by atoms with Gasteiger partial charge in [0.05, 0.1) is 10.6 Å². The number of nitrogens with zero attached hydrogens (tertiary/aromatic N) is 2. The van der Waals surface area contributed by atoms with Crippen molar-refractivity contribution in [2.75, 3.05) is 24.2 Å². The van der Waals surface area contributed by atoms with Gasteiger partial charge in [-0.2, -0.15) is 0 Å². The average molecular weight is 501 g/mol. The monoisotopic (exact) mass is 500 g/mol. The van der Waals surface area contributed by atoms with Gasteiger partial charge in [-0.05, 0) is 50.1 Å². The van der Waals surface area contributed by atoms with E-state index in [9.17, 15) is 17.2 Å². The fourth-order valence-electron chi connectivity index (χ4n) is 4.59. The molecule has 9 heteroatoms. The zero-order chi connectivity index (χ0) is 24.6. The molecule has 3 aromatic rings. The Balaban J connectivity index is 1.41. The van der Waals surface area contributed by atoms with E-state index in [1.807, 2.05) is 6.92 Å². The molecule has 2 aliphatic heterocycles. The van der Waals surface area contributed by atoms with Crippen molar-refractivity contribution < 1.29 is 26.7 Å². The first kappa shape index (κ1) is 23.6. The normalized spacial score (nSPS) is 16.4. The van der Waals surface area contributed by atoms with Gasteiger partial charge in [0.15, 0.2) is 11.5 Å². The number of benzene rings is 3. The van der Waals surface area contributed by atoms with Crippen molar-refractivity contribution in [3.8, 4) is 11.5 Å². The number of likely N-dealkylation sites (tertiary alicyclic amines) is 1. The van der Waals surface area contributed by atoms with Gasteiger partial charge in [0, 0.05) is 43.4 Å². The lowest BCUT2D eigenvalue weighted by Gasteiger charge is -2.39. The predicted molar refractivity (Wildman–Crippen MR) is 128 cm³/mol. The molecule has 2 heterocycles. The quantitative estimate of drug-likeness (QED) is 0.484.